The summed E-state index contributed by atoms with van der Waals surface area (Å²) in [5, 5.41) is 19.9. The number of sulfonamides is 1. The van der Waals surface area contributed by atoms with Crippen molar-refractivity contribution in [2.75, 3.05) is 13.2 Å². The second kappa shape index (κ2) is 12.3. The zero-order valence-electron chi connectivity index (χ0n) is 20.3. The van der Waals surface area contributed by atoms with Crippen molar-refractivity contribution in [3.8, 4) is 0 Å². The van der Waals surface area contributed by atoms with Crippen molar-refractivity contribution >= 4 is 47.6 Å². The summed E-state index contributed by atoms with van der Waals surface area (Å²) in [6.07, 6.45) is -6.28. The molecule has 3 atom stereocenters. The Morgan fingerprint density at radius 1 is 1.02 bits per heavy atom. The van der Waals surface area contributed by atoms with Crippen LogP contribution in [0, 0.1) is 21.7 Å². The molecule has 3 unspecified atom stereocenters. The monoisotopic (exact) mass is 733 g/mol. The Morgan fingerprint density at radius 2 is 1.59 bits per heavy atom. The number of halogens is 8. The van der Waals surface area contributed by atoms with Crippen molar-refractivity contribution in [1.29, 1.82) is 0 Å². The van der Waals surface area contributed by atoms with Gasteiger partial charge in [-0.25, -0.2) is 34.8 Å². The molecule has 0 saturated carbocycles. The number of aliphatic hydroxyl groups excluding tert-OH is 1. The van der Waals surface area contributed by atoms with E-state index in [9.17, 15) is 44.9 Å². The van der Waals surface area contributed by atoms with Gasteiger partial charge in [-0.2, -0.15) is 4.31 Å². The van der Waals surface area contributed by atoms with Gasteiger partial charge in [0.1, 0.15) is 22.7 Å². The van der Waals surface area contributed by atoms with Gasteiger partial charge in [-0.05, 0) is 42.5 Å². The van der Waals surface area contributed by atoms with Crippen molar-refractivity contribution in [2.45, 2.75) is 28.8 Å². The molecule has 0 spiro atoms. The smallest absolute Gasteiger partial charge is 0.289 e. The highest BCUT2D eigenvalue weighted by molar-refractivity contribution is 9.10. The summed E-state index contributed by atoms with van der Waals surface area (Å²) in [6.45, 7) is -1.72. The van der Waals surface area contributed by atoms with Crippen LogP contribution in [0.3, 0.4) is 0 Å². The Kier molecular flexibility index (Phi) is 9.92. The number of benzene rings is 3. The lowest BCUT2D eigenvalue weighted by Crippen LogP contribution is -2.48. The van der Waals surface area contributed by atoms with Crippen LogP contribution in [0.25, 0.3) is 0 Å². The first-order valence-electron chi connectivity index (χ1n) is 11.2. The second-order valence-electron chi connectivity index (χ2n) is 8.71. The highest BCUT2D eigenvalue weighted by Crippen LogP contribution is 2.52. The topological polar surface area (TPSA) is 127 Å². The average Bonchev–Trinajstić information content (AvgIpc) is 3.69. The van der Waals surface area contributed by atoms with Crippen molar-refractivity contribution in [3.63, 3.8) is 0 Å². The second-order valence-corrected chi connectivity index (χ2v) is 12.4. The molecule has 1 heterocycles. The molecule has 1 aliphatic heterocycles. The third-order valence-corrected chi connectivity index (χ3v) is 9.12. The molecule has 1 saturated heterocycles. The van der Waals surface area contributed by atoms with Crippen LogP contribution in [-0.4, -0.2) is 48.8 Å². The Hall–Kier alpha value is -2.57. The van der Waals surface area contributed by atoms with Crippen LogP contribution in [0.1, 0.15) is 11.1 Å². The van der Waals surface area contributed by atoms with Gasteiger partial charge in [0.05, 0.1) is 11.5 Å². The van der Waals surface area contributed by atoms with E-state index in [0.29, 0.717) is 13.3 Å². The summed E-state index contributed by atoms with van der Waals surface area (Å²) >= 11 is 6.06. The first-order valence-corrected chi connectivity index (χ1v) is 14.2. The first kappa shape index (κ1) is 32.9. The van der Waals surface area contributed by atoms with Gasteiger partial charge in [0.2, 0.25) is 0 Å². The third-order valence-electron chi connectivity index (χ3n) is 6.19. The predicted octanol–water partition coefficient (Wildman–Crippen LogP) is 5.66. The van der Waals surface area contributed by atoms with E-state index in [1.165, 1.54) is 24.3 Å². The van der Waals surface area contributed by atoms with E-state index in [1.807, 2.05) is 0 Å². The van der Waals surface area contributed by atoms with E-state index in [1.54, 1.807) is 0 Å². The van der Waals surface area contributed by atoms with Gasteiger partial charge in [-0.1, -0.05) is 44.0 Å². The van der Waals surface area contributed by atoms with Gasteiger partial charge in [0, 0.05) is 32.7 Å². The average molecular weight is 735 g/mol. The fourth-order valence-corrected chi connectivity index (χ4v) is 6.49. The summed E-state index contributed by atoms with van der Waals surface area (Å²) < 4.78 is 107. The lowest BCUT2D eigenvalue weighted by atomic mass is 9.92. The van der Waals surface area contributed by atoms with Crippen LogP contribution in [0.4, 0.5) is 32.0 Å². The number of aliphatic hydroxyl groups is 1. The fraction of sp³-hybridized carbons (Fsp3) is 0.250. The number of para-hydroxylation sites is 1. The number of hydrogen-bond acceptors (Lipinski definition) is 6. The maximum Gasteiger partial charge on any atom is 0.289 e. The molecule has 0 aliphatic carbocycles. The number of alkyl halides is 4. The van der Waals surface area contributed by atoms with Crippen LogP contribution in [-0.2, 0) is 21.1 Å². The highest BCUT2D eigenvalue weighted by atomic mass is 79.9. The Bertz CT molecular complexity index is 1570. The van der Waals surface area contributed by atoms with Crippen molar-refractivity contribution in [1.82, 2.24) is 4.31 Å². The normalized spacial score (nSPS) is 19.9. The molecule has 0 bridgehead atoms. The van der Waals surface area contributed by atoms with Crippen molar-refractivity contribution < 1.29 is 44.8 Å². The Labute approximate surface area is 246 Å². The molecule has 3 aromatic rings. The van der Waals surface area contributed by atoms with E-state index >= 15 is 0 Å². The fourth-order valence-electron chi connectivity index (χ4n) is 3.90. The molecule has 8 nitrogen and oxygen atoms in total. The number of nitro groups is 1. The standard InChI is InChI=1S/C15H10BrF3N2O4S.C9H9BrF3NO/c16-9-5-6-11(17)10(7-9)15(14(18)19)8-20(15)26(24,25)13-4-2-1-3-12(13)21(22)23;10-5-1-2-7(11)6(3-5)9(14,4-15)8(12)13/h1-7,14H,8H2;1-3,8,15H,4,14H2. The molecule has 4 rings (SSSR count). The molecule has 41 heavy (non-hydrogen) atoms. The number of rotatable bonds is 8. The number of nitro benzene ring substituents is 1. The molecule has 3 aromatic carbocycles. The van der Waals surface area contributed by atoms with Crippen molar-refractivity contribution in [2.24, 2.45) is 5.73 Å². The molecule has 1 aliphatic rings. The molecule has 0 radical (unpaired) electrons. The van der Waals surface area contributed by atoms with Gasteiger partial charge < -0.3 is 10.8 Å². The molecular weight excluding hydrogens is 716 g/mol. The minimum absolute atomic E-state index is 0.295. The number of hydrogen-bond donors (Lipinski definition) is 2. The van der Waals surface area contributed by atoms with E-state index in [-0.39, 0.29) is 0 Å². The van der Waals surface area contributed by atoms with E-state index in [4.69, 9.17) is 10.8 Å². The van der Waals surface area contributed by atoms with Crippen LogP contribution in [0.2, 0.25) is 0 Å². The zero-order valence-corrected chi connectivity index (χ0v) is 24.3. The molecule has 1 fully saturated rings. The molecule has 0 aromatic heterocycles. The predicted molar refractivity (Wildman–Crippen MR) is 142 cm³/mol. The van der Waals surface area contributed by atoms with Crippen LogP contribution in [0.15, 0.2) is 74.5 Å². The number of nitrogens with zero attached hydrogens (tertiary/aromatic N) is 2. The molecule has 0 amide bonds. The molecular formula is C24H19Br2F6N3O5S. The van der Waals surface area contributed by atoms with Gasteiger partial charge in [0.15, 0.2) is 4.90 Å². The van der Waals surface area contributed by atoms with Gasteiger partial charge >= 0.3 is 0 Å². The summed E-state index contributed by atoms with van der Waals surface area (Å²) in [5.41, 5.74) is -1.15. The largest absolute Gasteiger partial charge is 0.394 e. The summed E-state index contributed by atoms with van der Waals surface area (Å²) in [6, 6.07) is 11.2. The van der Waals surface area contributed by atoms with Crippen molar-refractivity contribution in [3.05, 3.63) is 102 Å². The maximum atomic E-state index is 14.2. The lowest BCUT2D eigenvalue weighted by Gasteiger charge is -2.27. The lowest BCUT2D eigenvalue weighted by molar-refractivity contribution is -0.387. The number of nitrogens with two attached hydrogens (primary N) is 1. The van der Waals surface area contributed by atoms with Gasteiger partial charge in [-0.3, -0.25) is 10.1 Å². The molecule has 222 valence electrons. The van der Waals surface area contributed by atoms with E-state index < -0.39 is 85.4 Å². The molecule has 17 heteroatoms. The SMILES string of the molecule is NC(CO)(c1cc(Br)ccc1F)C(F)F.O=[N+]([O-])c1ccccc1S(=O)(=O)N1CC1(c1cc(Br)ccc1F)C(F)F. The van der Waals surface area contributed by atoms with Gasteiger partial charge in [-0.15, -0.1) is 0 Å². The summed E-state index contributed by atoms with van der Waals surface area (Å²) in [5.74, 6) is -1.86. The maximum absolute atomic E-state index is 14.2. The molecule has 3 N–H and O–H groups in total. The zero-order chi connectivity index (χ0) is 30.9. The van der Waals surface area contributed by atoms with E-state index in [0.717, 1.165) is 36.4 Å². The Morgan fingerprint density at radius 3 is 2.12 bits per heavy atom. The van der Waals surface area contributed by atoms with Crippen LogP contribution >= 0.6 is 31.9 Å². The van der Waals surface area contributed by atoms with Crippen LogP contribution < -0.4 is 5.73 Å². The third kappa shape index (κ3) is 6.29. The summed E-state index contributed by atoms with van der Waals surface area (Å²) in [7, 11) is -4.64. The minimum Gasteiger partial charge on any atom is -0.394 e. The van der Waals surface area contributed by atoms with Gasteiger partial charge in [0.25, 0.3) is 28.6 Å². The van der Waals surface area contributed by atoms with E-state index in [2.05, 4.69) is 31.9 Å². The first-order chi connectivity index (χ1) is 19.0. The highest BCUT2D eigenvalue weighted by Gasteiger charge is 2.67. The summed E-state index contributed by atoms with van der Waals surface area (Å²) in [4.78, 5) is 9.45. The Balaban J connectivity index is 0.000000263. The van der Waals surface area contributed by atoms with Crippen LogP contribution in [0.5, 0.6) is 0 Å². The quantitative estimate of drug-likeness (QED) is 0.133. The minimum atomic E-state index is -4.64.